The second kappa shape index (κ2) is 41.2. The van der Waals surface area contributed by atoms with Gasteiger partial charge in [0.05, 0.1) is 13.2 Å². The van der Waals surface area contributed by atoms with E-state index in [0.29, 0.717) is 22.6 Å². The minimum Gasteiger partial charge on any atom is -0.465 e. The molecule has 500 valence electrons. The maximum Gasteiger partial charge on any atom is 0.333 e. The zero-order valence-corrected chi connectivity index (χ0v) is 55.6. The summed E-state index contributed by atoms with van der Waals surface area (Å²) in [5, 5.41) is 0. The van der Waals surface area contributed by atoms with Crippen molar-refractivity contribution in [3.8, 4) is 11.5 Å². The molecular weight excluding hydrogens is 1140 g/mol. The largest absolute Gasteiger partial charge is 0.465 e. The molecule has 0 spiro atoms. The molecule has 2 rings (SSSR count). The first-order valence-corrected chi connectivity index (χ1v) is 29.6. The lowest BCUT2D eigenvalue weighted by Gasteiger charge is -2.28. The van der Waals surface area contributed by atoms with Crippen molar-refractivity contribution in [1.82, 2.24) is 0 Å². The summed E-state index contributed by atoms with van der Waals surface area (Å²) in [6, 6.07) is 15.7. The highest BCUT2D eigenvalue weighted by Crippen LogP contribution is 2.34. The molecule has 0 N–H and O–H groups in total. The summed E-state index contributed by atoms with van der Waals surface area (Å²) in [6.45, 7) is 46.0. The molecule has 0 heterocycles. The van der Waals surface area contributed by atoms with Crippen molar-refractivity contribution in [2.75, 3.05) is 26.4 Å². The van der Waals surface area contributed by atoms with Crippen LogP contribution in [0.5, 0.6) is 11.5 Å². The van der Waals surface area contributed by atoms with Crippen LogP contribution in [0.4, 0.5) is 0 Å². The van der Waals surface area contributed by atoms with Gasteiger partial charge in [-0.1, -0.05) is 51.3 Å². The molecule has 0 radical (unpaired) electrons. The molecule has 87 heavy (non-hydrogen) atoms. The molecule has 0 amide bonds. The van der Waals surface area contributed by atoms with Crippen LogP contribution in [-0.4, -0.2) is 152 Å². The second-order valence-electron chi connectivity index (χ2n) is 20.9. The van der Waals surface area contributed by atoms with Crippen LogP contribution in [0.2, 0.25) is 0 Å². The number of hydrogen-bond donors (Lipinski definition) is 0. The Balaban J connectivity index is 1.70. The molecule has 24 nitrogen and oxygen atoms in total. The van der Waals surface area contributed by atoms with Gasteiger partial charge in [-0.05, 0) is 174 Å². The fourth-order valence-electron chi connectivity index (χ4n) is 8.29. The van der Waals surface area contributed by atoms with E-state index in [1.807, 2.05) is 48.5 Å². The van der Waals surface area contributed by atoms with Crippen LogP contribution < -0.4 is 9.47 Å². The van der Waals surface area contributed by atoms with Crippen molar-refractivity contribution in [3.05, 3.63) is 84.0 Å². The first kappa shape index (κ1) is 78.8. The van der Waals surface area contributed by atoms with Gasteiger partial charge in [-0.25, -0.2) is 9.59 Å². The first-order chi connectivity index (χ1) is 40.7. The number of carbonyl (C=O) groups excluding carboxylic acids is 2. The van der Waals surface area contributed by atoms with Gasteiger partial charge in [-0.15, -0.1) is 0 Å². The molecule has 0 saturated carbocycles. The van der Waals surface area contributed by atoms with E-state index in [4.69, 9.17) is 104 Å². The van der Waals surface area contributed by atoms with Gasteiger partial charge in [0.2, 0.25) is 0 Å². The van der Waals surface area contributed by atoms with Gasteiger partial charge in [0.1, 0.15) is 24.7 Å². The van der Waals surface area contributed by atoms with E-state index in [0.717, 1.165) is 11.1 Å². The number of hydrogen-bond acceptors (Lipinski definition) is 24. The smallest absolute Gasteiger partial charge is 0.333 e. The lowest BCUT2D eigenvalue weighted by molar-refractivity contribution is -0.348. The van der Waals surface area contributed by atoms with Crippen LogP contribution in [0.1, 0.15) is 163 Å². The maximum atomic E-state index is 11.5. The Labute approximate surface area is 517 Å². The number of rotatable bonds is 48. The fourth-order valence-corrected chi connectivity index (χ4v) is 8.29. The molecule has 0 bridgehead atoms. The van der Waals surface area contributed by atoms with Gasteiger partial charge in [0.15, 0.2) is 113 Å². The third-order valence-electron chi connectivity index (χ3n) is 11.9. The fraction of sp³-hybridized carbons (Fsp3) is 0.714. The highest BCUT2D eigenvalue weighted by atomic mass is 16.9. The van der Waals surface area contributed by atoms with Gasteiger partial charge in [0.25, 0.3) is 0 Å². The molecule has 2 aromatic rings. The number of esters is 2. The van der Waals surface area contributed by atoms with Gasteiger partial charge in [0, 0.05) is 16.6 Å². The van der Waals surface area contributed by atoms with Crippen LogP contribution >= 0.6 is 0 Å². The predicted octanol–water partition coefficient (Wildman–Crippen LogP) is 11.5. The topological polar surface area (TPSA) is 237 Å². The molecule has 0 aliphatic carbocycles. The zero-order chi connectivity index (χ0) is 65.6. The molecule has 0 saturated heterocycles. The summed E-state index contributed by atoms with van der Waals surface area (Å²) < 4.78 is 126. The van der Waals surface area contributed by atoms with Crippen LogP contribution in [-0.2, 0) is 110 Å². The number of carbonyl (C=O) groups is 2. The van der Waals surface area contributed by atoms with E-state index in [1.54, 1.807) is 138 Å². The maximum absolute atomic E-state index is 11.5. The summed E-state index contributed by atoms with van der Waals surface area (Å²) >= 11 is 0. The average molecular weight is 1250 g/mol. The Bertz CT molecular complexity index is 2070. The first-order valence-electron chi connectivity index (χ1n) is 29.6. The normalized spacial score (nSPS) is 18.4. The van der Waals surface area contributed by atoms with Crippen LogP contribution in [0.15, 0.2) is 72.8 Å². The van der Waals surface area contributed by atoms with E-state index in [1.165, 1.54) is 0 Å². The van der Waals surface area contributed by atoms with Crippen molar-refractivity contribution in [1.29, 1.82) is 0 Å². The van der Waals surface area contributed by atoms with Crippen molar-refractivity contribution in [2.45, 2.75) is 271 Å². The molecular formula is C63H104O24. The molecule has 0 aromatic heterocycles. The van der Waals surface area contributed by atoms with Gasteiger partial charge in [-0.3, -0.25) is 0 Å². The van der Waals surface area contributed by atoms with E-state index in [-0.39, 0.29) is 31.8 Å². The molecule has 18 atom stereocenters. The third-order valence-corrected chi connectivity index (χ3v) is 11.9. The summed E-state index contributed by atoms with van der Waals surface area (Å²) in [5.74, 6) is 0.286. The molecule has 2 aromatic carbocycles. The number of benzene rings is 2. The molecule has 0 aliphatic rings. The van der Waals surface area contributed by atoms with E-state index < -0.39 is 125 Å². The molecule has 0 fully saturated rings. The Hall–Kier alpha value is -4.26. The van der Waals surface area contributed by atoms with Crippen molar-refractivity contribution < 1.29 is 114 Å². The summed E-state index contributed by atoms with van der Waals surface area (Å²) in [4.78, 5) is 23.0. The van der Waals surface area contributed by atoms with E-state index in [2.05, 4.69) is 27.0 Å². The summed E-state index contributed by atoms with van der Waals surface area (Å²) in [5.41, 5.74) is 2.41. The van der Waals surface area contributed by atoms with E-state index in [9.17, 15) is 9.59 Å². The van der Waals surface area contributed by atoms with Crippen molar-refractivity contribution in [2.24, 2.45) is 0 Å². The highest BCUT2D eigenvalue weighted by molar-refractivity contribution is 5.87. The quantitative estimate of drug-likeness (QED) is 0.0259. The Morgan fingerprint density at radius 2 is 0.494 bits per heavy atom. The van der Waals surface area contributed by atoms with E-state index >= 15 is 0 Å². The zero-order valence-electron chi connectivity index (χ0n) is 55.6. The van der Waals surface area contributed by atoms with Crippen LogP contribution in [0.25, 0.3) is 0 Å². The Kier molecular flexibility index (Phi) is 37.3. The van der Waals surface area contributed by atoms with Gasteiger partial charge in [-0.2, -0.15) is 0 Å². The van der Waals surface area contributed by atoms with Gasteiger partial charge >= 0.3 is 11.9 Å². The Morgan fingerprint density at radius 3 is 0.690 bits per heavy atom. The minimum atomic E-state index is -0.706. The van der Waals surface area contributed by atoms with Crippen LogP contribution in [0.3, 0.4) is 0 Å². The highest BCUT2D eigenvalue weighted by Gasteiger charge is 2.26. The summed E-state index contributed by atoms with van der Waals surface area (Å²) in [7, 11) is 0. The van der Waals surface area contributed by atoms with Gasteiger partial charge < -0.3 is 104 Å². The predicted molar refractivity (Wildman–Crippen MR) is 317 cm³/mol. The lowest BCUT2D eigenvalue weighted by Crippen LogP contribution is -2.34. The van der Waals surface area contributed by atoms with Crippen molar-refractivity contribution in [3.63, 3.8) is 0 Å². The summed E-state index contributed by atoms with van der Waals surface area (Å²) in [6.07, 6.45) is -12.3. The average Bonchev–Trinajstić information content (AvgIpc) is 1.66. The third kappa shape index (κ3) is 35.1. The molecule has 24 heteroatoms. The second-order valence-corrected chi connectivity index (χ2v) is 20.9. The Morgan fingerprint density at radius 1 is 0.310 bits per heavy atom. The standard InChI is InChI=1S/C63H104O24/c1-37(2)61(64)68-35-33-66-39(5)70-41(7)72-43(9)74-45(11)76-47(13)78-49(15)80-51(17)82-53(19)84-55(21)86-59-29-25-57(26-30-59)63(23,24)58-27-31-60(32-28-58)87-56(22)85-54(20)83-52(18)81-50(16)79-48(14)77-46(12)75-44(10)73-42(8)71-40(6)67-34-36-69-62(65)38(3)4/h25-32,39-56H,1,3,33-36H2,2,4-24H3. The lowest BCUT2D eigenvalue weighted by atomic mass is 9.78. The minimum absolute atomic E-state index is 0.0716. The molecule has 0 aliphatic heterocycles. The van der Waals surface area contributed by atoms with Crippen LogP contribution in [0, 0.1) is 0 Å². The monoisotopic (exact) mass is 1240 g/mol. The number of ether oxygens (including phenoxy) is 22. The SMILES string of the molecule is C=C(C)C(=O)OCCOC(C)OC(C)OC(C)OC(C)OC(C)OC(C)OC(C)OC(C)OC(C)Oc1ccc(C(C)(C)c2ccc(OC(C)OC(C)OC(C)OC(C)OC(C)OC(C)OC(C)OC(C)OC(C)OCCOC(=O)C(=C)C)cc2)cc1. The van der Waals surface area contributed by atoms with Crippen molar-refractivity contribution >= 4 is 11.9 Å². The molecule has 18 unspecified atom stereocenters.